The molecular weight excluding hydrogens is 273 g/mol. The van der Waals surface area contributed by atoms with Crippen LogP contribution in [0.15, 0.2) is 0 Å². The molecule has 16 heavy (non-hydrogen) atoms. The van der Waals surface area contributed by atoms with Crippen molar-refractivity contribution in [3.8, 4) is 0 Å². The van der Waals surface area contributed by atoms with E-state index in [-0.39, 0.29) is 29.2 Å². The molecule has 0 bridgehead atoms. The largest absolute Gasteiger partial charge is 0.348 e. The summed E-state index contributed by atoms with van der Waals surface area (Å²) >= 11 is 11.4. The quantitative estimate of drug-likeness (QED) is 0.777. The number of nitrogens with one attached hydrogen (secondary N) is 1. The summed E-state index contributed by atoms with van der Waals surface area (Å²) in [5.41, 5.74) is -0.674. The zero-order valence-corrected chi connectivity index (χ0v) is 11.3. The molecule has 1 N–H and O–H groups in total. The maximum atomic E-state index is 11.8. The van der Waals surface area contributed by atoms with Gasteiger partial charge in [0.1, 0.15) is 0 Å². The maximum Gasteiger partial charge on any atom is 0.224 e. The predicted octanol–water partition coefficient (Wildman–Crippen LogP) is 0.774. The summed E-state index contributed by atoms with van der Waals surface area (Å²) in [4.78, 5) is 11.8. The molecule has 0 radical (unpaired) electrons. The zero-order chi connectivity index (χ0) is 12.4. The first kappa shape index (κ1) is 14.1. The number of hydrogen-bond acceptors (Lipinski definition) is 3. The van der Waals surface area contributed by atoms with E-state index in [0.717, 1.165) is 0 Å². The highest BCUT2D eigenvalue weighted by Crippen LogP contribution is 2.20. The summed E-state index contributed by atoms with van der Waals surface area (Å²) in [7, 11) is -3.04. The fourth-order valence-electron chi connectivity index (χ4n) is 1.50. The van der Waals surface area contributed by atoms with E-state index in [1.165, 1.54) is 0 Å². The van der Waals surface area contributed by atoms with Crippen LogP contribution in [0.3, 0.4) is 0 Å². The van der Waals surface area contributed by atoms with Crippen LogP contribution in [0.2, 0.25) is 0 Å². The molecule has 0 aromatic heterocycles. The topological polar surface area (TPSA) is 63.2 Å². The van der Waals surface area contributed by atoms with Crippen molar-refractivity contribution in [2.75, 3.05) is 23.3 Å². The smallest absolute Gasteiger partial charge is 0.224 e. The molecule has 94 valence electrons. The van der Waals surface area contributed by atoms with E-state index in [0.29, 0.717) is 6.42 Å². The lowest BCUT2D eigenvalue weighted by Gasteiger charge is -2.27. The number of hydrogen-bond donors (Lipinski definition) is 1. The summed E-state index contributed by atoms with van der Waals surface area (Å²) in [6, 6.07) is 0. The lowest BCUT2D eigenvalue weighted by atomic mass is 10.0. The lowest BCUT2D eigenvalue weighted by Crippen LogP contribution is -2.51. The van der Waals surface area contributed by atoms with E-state index in [1.807, 2.05) is 0 Å². The SMILES string of the molecule is CC(CCl)(CCl)NC(=O)C1CCS(=O)(=O)C1. The highest BCUT2D eigenvalue weighted by Gasteiger charge is 2.35. The predicted molar refractivity (Wildman–Crippen MR) is 64.7 cm³/mol. The van der Waals surface area contributed by atoms with Gasteiger partial charge in [0.25, 0.3) is 0 Å². The van der Waals surface area contributed by atoms with Gasteiger partial charge >= 0.3 is 0 Å². The van der Waals surface area contributed by atoms with Crippen molar-refractivity contribution in [1.82, 2.24) is 5.32 Å². The van der Waals surface area contributed by atoms with Gasteiger partial charge in [-0.05, 0) is 13.3 Å². The molecule has 1 aliphatic rings. The molecule has 1 aliphatic heterocycles. The van der Waals surface area contributed by atoms with E-state index in [2.05, 4.69) is 5.32 Å². The molecule has 1 saturated heterocycles. The van der Waals surface area contributed by atoms with E-state index >= 15 is 0 Å². The molecule has 1 heterocycles. The third kappa shape index (κ3) is 3.50. The lowest BCUT2D eigenvalue weighted by molar-refractivity contribution is -0.125. The van der Waals surface area contributed by atoms with Gasteiger partial charge in [0.15, 0.2) is 9.84 Å². The van der Waals surface area contributed by atoms with Gasteiger partial charge in [-0.3, -0.25) is 4.79 Å². The van der Waals surface area contributed by atoms with Crippen molar-refractivity contribution in [2.45, 2.75) is 18.9 Å². The number of halogens is 2. The van der Waals surface area contributed by atoms with Gasteiger partial charge in [0, 0.05) is 11.8 Å². The van der Waals surface area contributed by atoms with Crippen molar-refractivity contribution >= 4 is 38.9 Å². The molecule has 1 atom stereocenters. The Morgan fingerprint density at radius 2 is 2.00 bits per heavy atom. The van der Waals surface area contributed by atoms with Gasteiger partial charge in [-0.1, -0.05) is 0 Å². The number of sulfone groups is 1. The van der Waals surface area contributed by atoms with Crippen molar-refractivity contribution in [2.24, 2.45) is 5.92 Å². The fourth-order valence-corrected chi connectivity index (χ4v) is 3.66. The minimum absolute atomic E-state index is 0.0700. The first-order valence-corrected chi connectivity index (χ1v) is 7.85. The van der Waals surface area contributed by atoms with Crippen LogP contribution >= 0.6 is 23.2 Å². The number of rotatable bonds is 4. The molecule has 0 aromatic carbocycles. The number of carbonyl (C=O) groups excluding carboxylic acids is 1. The molecule has 1 amide bonds. The van der Waals surface area contributed by atoms with E-state index in [4.69, 9.17) is 23.2 Å². The Labute approximate surface area is 106 Å². The molecule has 0 aromatic rings. The number of amides is 1. The van der Waals surface area contributed by atoms with Gasteiger partial charge in [0.05, 0.1) is 23.0 Å². The standard InChI is InChI=1S/C9H15Cl2NO3S/c1-9(5-10,6-11)12-8(13)7-2-3-16(14,15)4-7/h7H,2-6H2,1H3,(H,12,13). The third-order valence-electron chi connectivity index (χ3n) is 2.62. The van der Waals surface area contributed by atoms with Gasteiger partial charge in [0.2, 0.25) is 5.91 Å². The first-order valence-electron chi connectivity index (χ1n) is 4.96. The summed E-state index contributed by atoms with van der Waals surface area (Å²) in [6.07, 6.45) is 0.384. The van der Waals surface area contributed by atoms with Gasteiger partial charge in [-0.25, -0.2) is 8.42 Å². The van der Waals surface area contributed by atoms with Crippen molar-refractivity contribution in [3.05, 3.63) is 0 Å². The van der Waals surface area contributed by atoms with Crippen LogP contribution < -0.4 is 5.32 Å². The fraction of sp³-hybridized carbons (Fsp3) is 0.889. The molecule has 1 fully saturated rings. The van der Waals surface area contributed by atoms with Crippen LogP contribution in [0.4, 0.5) is 0 Å². The Kier molecular flexibility index (Phi) is 4.49. The second-order valence-electron chi connectivity index (χ2n) is 4.42. The Bertz CT molecular complexity index is 365. The van der Waals surface area contributed by atoms with E-state index < -0.39 is 21.3 Å². The van der Waals surface area contributed by atoms with Gasteiger partial charge in [-0.2, -0.15) is 0 Å². The van der Waals surface area contributed by atoms with Crippen molar-refractivity contribution in [1.29, 1.82) is 0 Å². The second-order valence-corrected chi connectivity index (χ2v) is 7.18. The Morgan fingerprint density at radius 1 is 1.44 bits per heavy atom. The minimum atomic E-state index is -3.04. The van der Waals surface area contributed by atoms with Crippen LogP contribution in [-0.2, 0) is 14.6 Å². The molecule has 4 nitrogen and oxygen atoms in total. The number of alkyl halides is 2. The molecule has 0 saturated carbocycles. The normalized spacial score (nSPS) is 24.3. The van der Waals surface area contributed by atoms with Crippen LogP contribution in [0.5, 0.6) is 0 Å². The molecule has 7 heteroatoms. The van der Waals surface area contributed by atoms with Crippen molar-refractivity contribution < 1.29 is 13.2 Å². The van der Waals surface area contributed by atoms with Crippen molar-refractivity contribution in [3.63, 3.8) is 0 Å². The third-order valence-corrected chi connectivity index (χ3v) is 5.57. The zero-order valence-electron chi connectivity index (χ0n) is 9.00. The molecule has 1 unspecified atom stereocenters. The average Bonchev–Trinajstić information content (AvgIpc) is 2.58. The minimum Gasteiger partial charge on any atom is -0.348 e. The summed E-state index contributed by atoms with van der Waals surface area (Å²) in [6.45, 7) is 1.73. The maximum absolute atomic E-state index is 11.8. The summed E-state index contributed by atoms with van der Waals surface area (Å²) in [5, 5.41) is 2.71. The second kappa shape index (κ2) is 5.10. The number of carbonyl (C=O) groups is 1. The molecular formula is C9H15Cl2NO3S. The van der Waals surface area contributed by atoms with Crippen LogP contribution in [0, 0.1) is 5.92 Å². The van der Waals surface area contributed by atoms with Gasteiger partial charge < -0.3 is 5.32 Å². The monoisotopic (exact) mass is 287 g/mol. The van der Waals surface area contributed by atoms with Gasteiger partial charge in [-0.15, -0.1) is 23.2 Å². The Balaban J connectivity index is 2.60. The highest BCUT2D eigenvalue weighted by atomic mass is 35.5. The summed E-state index contributed by atoms with van der Waals surface area (Å²) < 4.78 is 22.4. The first-order chi connectivity index (χ1) is 7.32. The Morgan fingerprint density at radius 3 is 2.38 bits per heavy atom. The van der Waals surface area contributed by atoms with Crippen LogP contribution in [-0.4, -0.2) is 43.1 Å². The summed E-state index contributed by atoms with van der Waals surface area (Å²) in [5.74, 6) is -0.326. The molecule has 0 spiro atoms. The van der Waals surface area contributed by atoms with E-state index in [1.54, 1.807) is 6.92 Å². The van der Waals surface area contributed by atoms with Crippen LogP contribution in [0.25, 0.3) is 0 Å². The highest BCUT2D eigenvalue weighted by molar-refractivity contribution is 7.91. The van der Waals surface area contributed by atoms with Crippen LogP contribution in [0.1, 0.15) is 13.3 Å². The molecule has 0 aliphatic carbocycles. The molecule has 1 rings (SSSR count). The van der Waals surface area contributed by atoms with E-state index in [9.17, 15) is 13.2 Å². The average molecular weight is 288 g/mol. The Hall–Kier alpha value is -0.000000000000000111.